The molecule has 1 aromatic heterocycles. The predicted molar refractivity (Wildman–Crippen MR) is 126 cm³/mol. The van der Waals surface area contributed by atoms with Crippen LogP contribution in [0.3, 0.4) is 0 Å². The van der Waals surface area contributed by atoms with Gasteiger partial charge in [0.15, 0.2) is 5.13 Å². The van der Waals surface area contributed by atoms with Crippen LogP contribution in [0, 0.1) is 18.3 Å². The van der Waals surface area contributed by atoms with E-state index in [1.165, 1.54) is 11.3 Å². The zero-order valence-electron chi connectivity index (χ0n) is 18.0. The number of benzene rings is 2. The maximum absolute atomic E-state index is 12.7. The van der Waals surface area contributed by atoms with Crippen LogP contribution in [0.4, 0.5) is 10.8 Å². The lowest BCUT2D eigenvalue weighted by Crippen LogP contribution is -2.32. The van der Waals surface area contributed by atoms with Crippen molar-refractivity contribution in [2.45, 2.75) is 26.2 Å². The molecule has 0 bridgehead atoms. The number of amides is 2. The number of methoxy groups -OCH3 is 1. The minimum atomic E-state index is -0.276. The number of carbonyl (C=O) groups excluding carboxylic acids is 2. The first kappa shape index (κ1) is 23.0. The van der Waals surface area contributed by atoms with E-state index < -0.39 is 0 Å². The third-order valence-corrected chi connectivity index (χ3v) is 5.67. The highest BCUT2D eigenvalue weighted by atomic mass is 32.1. The lowest BCUT2D eigenvalue weighted by atomic mass is 10.1. The number of para-hydroxylation sites is 1. The number of carbonyl (C=O) groups is 2. The Balaban J connectivity index is 1.60. The molecule has 0 spiro atoms. The van der Waals surface area contributed by atoms with Crippen LogP contribution in [-0.2, 0) is 9.59 Å². The molecule has 2 amide bonds. The quantitative estimate of drug-likeness (QED) is 0.508. The Morgan fingerprint density at radius 1 is 1.12 bits per heavy atom. The van der Waals surface area contributed by atoms with Crippen molar-refractivity contribution in [3.05, 3.63) is 59.5 Å². The number of nitriles is 1. The zero-order valence-corrected chi connectivity index (χ0v) is 18.8. The number of ether oxygens (including phenoxy) is 1. The van der Waals surface area contributed by atoms with Gasteiger partial charge in [-0.05, 0) is 43.3 Å². The van der Waals surface area contributed by atoms with Gasteiger partial charge in [-0.25, -0.2) is 4.98 Å². The van der Waals surface area contributed by atoms with Crippen molar-refractivity contribution in [1.29, 1.82) is 5.26 Å². The van der Waals surface area contributed by atoms with Crippen molar-refractivity contribution in [2.24, 2.45) is 0 Å². The maximum atomic E-state index is 12.7. The van der Waals surface area contributed by atoms with E-state index in [2.05, 4.69) is 16.4 Å². The summed E-state index contributed by atoms with van der Waals surface area (Å²) in [7, 11) is 1.62. The summed E-state index contributed by atoms with van der Waals surface area (Å²) < 4.78 is 5.18. The molecular weight excluding hydrogens is 424 g/mol. The van der Waals surface area contributed by atoms with Crippen LogP contribution in [0.25, 0.3) is 11.3 Å². The van der Waals surface area contributed by atoms with Crippen LogP contribution < -0.4 is 15.0 Å². The Kier molecular flexibility index (Phi) is 7.95. The number of rotatable bonds is 9. The fraction of sp³-hybridized carbons (Fsp3) is 0.250. The summed E-state index contributed by atoms with van der Waals surface area (Å²) in [6.07, 6.45) is 0.298. The summed E-state index contributed by atoms with van der Waals surface area (Å²) in [4.78, 5) is 32.2. The highest BCUT2D eigenvalue weighted by Crippen LogP contribution is 2.31. The molecule has 0 radical (unpaired) electrons. The molecule has 1 N–H and O–H groups in total. The van der Waals surface area contributed by atoms with E-state index >= 15 is 0 Å². The van der Waals surface area contributed by atoms with E-state index in [9.17, 15) is 9.59 Å². The molecule has 8 heteroatoms. The third kappa shape index (κ3) is 5.93. The summed E-state index contributed by atoms with van der Waals surface area (Å²) in [6, 6.07) is 18.8. The Morgan fingerprint density at radius 2 is 1.84 bits per heavy atom. The van der Waals surface area contributed by atoms with Gasteiger partial charge in [0, 0.05) is 35.5 Å². The van der Waals surface area contributed by atoms with Crippen LogP contribution in [0.5, 0.6) is 5.75 Å². The van der Waals surface area contributed by atoms with Gasteiger partial charge in [-0.15, -0.1) is 11.3 Å². The molecule has 0 saturated heterocycles. The summed E-state index contributed by atoms with van der Waals surface area (Å²) in [5, 5.41) is 12.2. The van der Waals surface area contributed by atoms with Crippen molar-refractivity contribution in [3.63, 3.8) is 0 Å². The van der Waals surface area contributed by atoms with Crippen LogP contribution in [0.1, 0.15) is 24.1 Å². The molecule has 0 fully saturated rings. The molecule has 0 aliphatic heterocycles. The fourth-order valence-electron chi connectivity index (χ4n) is 3.17. The van der Waals surface area contributed by atoms with Crippen LogP contribution in [0.15, 0.2) is 54.6 Å². The molecule has 0 saturated carbocycles. The summed E-state index contributed by atoms with van der Waals surface area (Å²) in [6.45, 7) is 2.24. The number of nitrogens with zero attached hydrogens (tertiary/aromatic N) is 3. The van der Waals surface area contributed by atoms with E-state index in [-0.39, 0.29) is 37.6 Å². The maximum Gasteiger partial charge on any atom is 0.227 e. The second-order valence-corrected chi connectivity index (χ2v) is 8.19. The SMILES string of the molecule is COc1ccc(-c2nc(NC(=O)CCC(=O)N(CCC#N)c3ccccc3)sc2C)cc1. The number of anilines is 2. The minimum Gasteiger partial charge on any atom is -0.497 e. The third-order valence-electron chi connectivity index (χ3n) is 4.79. The zero-order chi connectivity index (χ0) is 22.9. The molecule has 164 valence electrons. The molecule has 1 heterocycles. The van der Waals surface area contributed by atoms with Gasteiger partial charge in [0.1, 0.15) is 5.75 Å². The highest BCUT2D eigenvalue weighted by Gasteiger charge is 2.18. The Morgan fingerprint density at radius 3 is 2.50 bits per heavy atom. The van der Waals surface area contributed by atoms with Gasteiger partial charge in [0.25, 0.3) is 0 Å². The largest absolute Gasteiger partial charge is 0.497 e. The average molecular weight is 449 g/mol. The molecular formula is C24H24N4O3S. The van der Waals surface area contributed by atoms with E-state index in [0.717, 1.165) is 21.9 Å². The molecule has 0 aliphatic rings. The highest BCUT2D eigenvalue weighted by molar-refractivity contribution is 7.16. The van der Waals surface area contributed by atoms with Gasteiger partial charge in [-0.3, -0.25) is 9.59 Å². The van der Waals surface area contributed by atoms with Crippen molar-refractivity contribution in [2.75, 3.05) is 23.9 Å². The Labute approximate surface area is 191 Å². The molecule has 3 rings (SSSR count). The van der Waals surface area contributed by atoms with E-state index in [4.69, 9.17) is 10.00 Å². The van der Waals surface area contributed by atoms with E-state index in [1.54, 1.807) is 12.0 Å². The molecule has 7 nitrogen and oxygen atoms in total. The Bertz CT molecular complexity index is 1100. The first-order chi connectivity index (χ1) is 15.5. The van der Waals surface area contributed by atoms with Gasteiger partial charge < -0.3 is 15.0 Å². The number of hydrogen-bond acceptors (Lipinski definition) is 6. The number of aromatic nitrogens is 1. The summed E-state index contributed by atoms with van der Waals surface area (Å²) in [5.74, 6) is 0.289. The lowest BCUT2D eigenvalue weighted by molar-refractivity contribution is -0.122. The smallest absolute Gasteiger partial charge is 0.227 e. The normalized spacial score (nSPS) is 10.3. The number of aryl methyl sites for hydroxylation is 1. The van der Waals surface area contributed by atoms with Crippen molar-refractivity contribution in [3.8, 4) is 23.1 Å². The van der Waals surface area contributed by atoms with Crippen LogP contribution in [0.2, 0.25) is 0 Å². The first-order valence-electron chi connectivity index (χ1n) is 10.2. The van der Waals surface area contributed by atoms with Gasteiger partial charge in [-0.2, -0.15) is 5.26 Å². The number of nitrogens with one attached hydrogen (secondary N) is 1. The van der Waals surface area contributed by atoms with Gasteiger partial charge >= 0.3 is 0 Å². The van der Waals surface area contributed by atoms with E-state index in [1.807, 2.05) is 61.5 Å². The molecule has 0 aliphatic carbocycles. The molecule has 0 atom stereocenters. The Hall–Kier alpha value is -3.70. The molecule has 2 aromatic carbocycles. The second kappa shape index (κ2) is 11.1. The number of hydrogen-bond donors (Lipinski definition) is 1. The second-order valence-electron chi connectivity index (χ2n) is 6.99. The van der Waals surface area contributed by atoms with Gasteiger partial charge in [0.2, 0.25) is 11.8 Å². The first-order valence-corrected chi connectivity index (χ1v) is 11.0. The van der Waals surface area contributed by atoms with Gasteiger partial charge in [0.05, 0.1) is 25.3 Å². The predicted octanol–water partition coefficient (Wildman–Crippen LogP) is 4.79. The number of thiazole rings is 1. The van der Waals surface area contributed by atoms with Gasteiger partial charge in [-0.1, -0.05) is 18.2 Å². The van der Waals surface area contributed by atoms with Crippen molar-refractivity contribution < 1.29 is 14.3 Å². The summed E-state index contributed by atoms with van der Waals surface area (Å²) >= 11 is 1.39. The average Bonchev–Trinajstić information content (AvgIpc) is 3.18. The fourth-order valence-corrected chi connectivity index (χ4v) is 4.02. The molecule has 3 aromatic rings. The molecule has 32 heavy (non-hydrogen) atoms. The van der Waals surface area contributed by atoms with Crippen molar-refractivity contribution >= 4 is 34.0 Å². The standard InChI is InChI=1S/C24H24N4O3S/c1-17-23(18-9-11-20(31-2)12-10-18)27-24(32-17)26-21(29)13-14-22(30)28(16-6-15-25)19-7-4-3-5-8-19/h3-5,7-12H,6,13-14,16H2,1-2H3,(H,26,27,29). The van der Waals surface area contributed by atoms with Crippen molar-refractivity contribution in [1.82, 2.24) is 4.98 Å². The van der Waals surface area contributed by atoms with Crippen LogP contribution >= 0.6 is 11.3 Å². The topological polar surface area (TPSA) is 95.3 Å². The lowest BCUT2D eigenvalue weighted by Gasteiger charge is -2.21. The monoisotopic (exact) mass is 448 g/mol. The minimum absolute atomic E-state index is 0.0330. The summed E-state index contributed by atoms with van der Waals surface area (Å²) in [5.41, 5.74) is 2.45. The van der Waals surface area contributed by atoms with E-state index in [0.29, 0.717) is 10.8 Å². The molecule has 0 unspecified atom stereocenters. The van der Waals surface area contributed by atoms with Crippen LogP contribution in [-0.4, -0.2) is 30.5 Å².